The first-order chi connectivity index (χ1) is 17.0. The van der Waals surface area contributed by atoms with Crippen molar-refractivity contribution in [1.29, 1.82) is 0 Å². The van der Waals surface area contributed by atoms with Crippen LogP contribution in [0.4, 0.5) is 5.69 Å². The van der Waals surface area contributed by atoms with Crippen LogP contribution in [0.5, 0.6) is 0 Å². The first kappa shape index (κ1) is 23.1. The summed E-state index contributed by atoms with van der Waals surface area (Å²) in [6.45, 7) is 4.46. The van der Waals surface area contributed by atoms with Gasteiger partial charge in [-0.05, 0) is 36.6 Å². The van der Waals surface area contributed by atoms with E-state index in [0.717, 1.165) is 22.4 Å². The molecule has 3 aromatic rings. The van der Waals surface area contributed by atoms with Gasteiger partial charge in [0, 0.05) is 12.1 Å². The Morgan fingerprint density at radius 1 is 1.03 bits per heavy atom. The van der Waals surface area contributed by atoms with Crippen LogP contribution in [-0.2, 0) is 16.1 Å². The number of amides is 2. The molecule has 0 fully saturated rings. The second-order valence-electron chi connectivity index (χ2n) is 8.57. The third kappa shape index (κ3) is 4.64. The minimum atomic E-state index is -0.626. The maximum Gasteiger partial charge on any atom is 0.263 e. The maximum absolute atomic E-state index is 13.6. The monoisotopic (exact) mass is 482 g/mol. The molecule has 0 radical (unpaired) electrons. The molecule has 0 aromatic heterocycles. The third-order valence-electron chi connectivity index (χ3n) is 6.08. The van der Waals surface area contributed by atoms with Crippen LogP contribution in [0.15, 0.2) is 88.8 Å². The van der Waals surface area contributed by atoms with E-state index in [0.29, 0.717) is 24.0 Å². The first-order valence-corrected chi connectivity index (χ1v) is 12.6. The Kier molecular flexibility index (Phi) is 6.51. The number of benzene rings is 3. The molecular weight excluding hydrogens is 456 g/mol. The second kappa shape index (κ2) is 9.88. The Labute approximate surface area is 209 Å². The molecule has 6 nitrogen and oxygen atoms in total. The predicted molar refractivity (Wildman–Crippen MR) is 141 cm³/mol. The van der Waals surface area contributed by atoms with E-state index >= 15 is 0 Å². The van der Waals surface area contributed by atoms with E-state index in [1.165, 1.54) is 17.3 Å². The van der Waals surface area contributed by atoms with Gasteiger partial charge in [0.2, 0.25) is 5.91 Å². The summed E-state index contributed by atoms with van der Waals surface area (Å²) in [6, 6.07) is 24.7. The number of nitrogens with zero attached hydrogens (tertiary/aromatic N) is 3. The van der Waals surface area contributed by atoms with Crippen LogP contribution in [0.2, 0.25) is 0 Å². The van der Waals surface area contributed by atoms with Crippen LogP contribution in [0.3, 0.4) is 0 Å². The summed E-state index contributed by atoms with van der Waals surface area (Å²) >= 11 is 1.31. The molecule has 0 aliphatic carbocycles. The van der Waals surface area contributed by atoms with Gasteiger partial charge in [0.25, 0.3) is 5.91 Å². The number of hydrogen-bond donors (Lipinski definition) is 1. The first-order valence-electron chi connectivity index (χ1n) is 11.7. The molecular formula is C28H26N4O2S. The Balaban J connectivity index is 1.40. The number of thioether (sulfide) groups is 1. The zero-order valence-corrected chi connectivity index (χ0v) is 20.5. The number of hydrogen-bond acceptors (Lipinski definition) is 5. The molecule has 1 N–H and O–H groups in total. The normalized spacial score (nSPS) is 17.3. The van der Waals surface area contributed by atoms with Gasteiger partial charge in [-0.1, -0.05) is 91.0 Å². The molecule has 0 spiro atoms. The molecule has 176 valence electrons. The van der Waals surface area contributed by atoms with E-state index < -0.39 is 11.3 Å². The smallest absolute Gasteiger partial charge is 0.263 e. The van der Waals surface area contributed by atoms with Crippen molar-refractivity contribution in [1.82, 2.24) is 10.2 Å². The van der Waals surface area contributed by atoms with Gasteiger partial charge in [-0.2, -0.15) is 0 Å². The van der Waals surface area contributed by atoms with Crippen LogP contribution in [0.25, 0.3) is 0 Å². The van der Waals surface area contributed by atoms with E-state index in [1.807, 2.05) is 92.7 Å². The van der Waals surface area contributed by atoms with Crippen molar-refractivity contribution in [3.05, 3.63) is 101 Å². The fourth-order valence-corrected chi connectivity index (χ4v) is 5.18. The van der Waals surface area contributed by atoms with Gasteiger partial charge in [-0.15, -0.1) is 0 Å². The highest BCUT2D eigenvalue weighted by Crippen LogP contribution is 2.38. The number of aliphatic imine (C=N–C) groups is 2. The molecule has 0 bridgehead atoms. The highest BCUT2D eigenvalue weighted by atomic mass is 32.2. The van der Waals surface area contributed by atoms with Crippen LogP contribution in [0.1, 0.15) is 41.6 Å². The zero-order valence-electron chi connectivity index (χ0n) is 19.6. The number of aryl methyl sites for hydroxylation is 1. The minimum Gasteiger partial charge on any atom is -0.351 e. The lowest BCUT2D eigenvalue weighted by Gasteiger charge is -2.27. The van der Waals surface area contributed by atoms with Crippen molar-refractivity contribution in [2.45, 2.75) is 38.1 Å². The average molecular weight is 483 g/mol. The van der Waals surface area contributed by atoms with Gasteiger partial charge < -0.3 is 5.32 Å². The van der Waals surface area contributed by atoms with Crippen molar-refractivity contribution < 1.29 is 9.59 Å². The Morgan fingerprint density at radius 3 is 2.49 bits per heavy atom. The lowest BCUT2D eigenvalue weighted by Crippen LogP contribution is -2.42. The molecule has 3 aromatic carbocycles. The number of nitrogens with one attached hydrogen (secondary N) is 1. The van der Waals surface area contributed by atoms with Crippen LogP contribution < -0.4 is 5.32 Å². The molecule has 0 saturated carbocycles. The van der Waals surface area contributed by atoms with Crippen molar-refractivity contribution in [2.75, 3.05) is 0 Å². The number of carbonyl (C=O) groups excluding carboxylic acids is 2. The van der Waals surface area contributed by atoms with Gasteiger partial charge in [0.1, 0.15) is 5.84 Å². The predicted octanol–water partition coefficient (Wildman–Crippen LogP) is 5.15. The molecule has 2 atom stereocenters. The van der Waals surface area contributed by atoms with E-state index in [-0.39, 0.29) is 11.8 Å². The summed E-state index contributed by atoms with van der Waals surface area (Å²) in [5.74, 6) is 0.359. The van der Waals surface area contributed by atoms with Crippen molar-refractivity contribution in [2.24, 2.45) is 9.98 Å². The molecule has 2 aliphatic heterocycles. The van der Waals surface area contributed by atoms with Crippen LogP contribution in [-0.4, -0.2) is 33.0 Å². The molecule has 7 heteroatoms. The van der Waals surface area contributed by atoms with E-state index in [4.69, 9.17) is 9.98 Å². The van der Waals surface area contributed by atoms with E-state index in [9.17, 15) is 9.59 Å². The Bertz CT molecular complexity index is 1320. The Hall–Kier alpha value is -3.71. The maximum atomic E-state index is 13.6. The fraction of sp³-hybridized carbons (Fsp3) is 0.214. The second-order valence-corrected chi connectivity index (χ2v) is 9.74. The molecule has 2 unspecified atom stereocenters. The zero-order chi connectivity index (χ0) is 24.4. The molecule has 2 amide bonds. The van der Waals surface area contributed by atoms with Gasteiger partial charge >= 0.3 is 0 Å². The van der Waals surface area contributed by atoms with Crippen molar-refractivity contribution in [3.63, 3.8) is 0 Å². The van der Waals surface area contributed by atoms with Gasteiger partial charge in [0.05, 0.1) is 10.9 Å². The van der Waals surface area contributed by atoms with E-state index in [2.05, 4.69) is 5.32 Å². The summed E-state index contributed by atoms with van der Waals surface area (Å²) in [5.41, 5.74) is 4.63. The SMILES string of the molecule is CCC(SC1=Nc2ccccc2C2=NC(c3ccccc3)C(=O)N12)C(=O)NCc1ccc(C)cc1. The summed E-state index contributed by atoms with van der Waals surface area (Å²) in [6.07, 6.45) is 0.599. The highest BCUT2D eigenvalue weighted by Gasteiger charge is 2.43. The molecule has 5 rings (SSSR count). The fourth-order valence-electron chi connectivity index (χ4n) is 4.14. The van der Waals surface area contributed by atoms with Gasteiger partial charge in [-0.25, -0.2) is 14.9 Å². The molecule has 2 aliphatic rings. The van der Waals surface area contributed by atoms with Crippen molar-refractivity contribution in [3.8, 4) is 0 Å². The quantitative estimate of drug-likeness (QED) is 0.528. The largest absolute Gasteiger partial charge is 0.351 e. The lowest BCUT2D eigenvalue weighted by atomic mass is 10.1. The standard InChI is InChI=1S/C28H26N4O2S/c1-3-23(26(33)29-17-19-15-13-18(2)14-16-19)35-28-30-22-12-8-7-11-21(22)25-31-24(27(34)32(25)28)20-9-5-4-6-10-20/h4-16,23-24H,3,17H2,1-2H3,(H,29,33). The Morgan fingerprint density at radius 2 is 1.74 bits per heavy atom. The summed E-state index contributed by atoms with van der Waals surface area (Å²) in [4.78, 5) is 37.8. The summed E-state index contributed by atoms with van der Waals surface area (Å²) < 4.78 is 0. The third-order valence-corrected chi connectivity index (χ3v) is 7.40. The lowest BCUT2D eigenvalue weighted by molar-refractivity contribution is -0.125. The van der Waals surface area contributed by atoms with Gasteiger partial charge in [0.15, 0.2) is 11.2 Å². The number of rotatable bonds is 6. The number of amidine groups is 2. The van der Waals surface area contributed by atoms with Crippen LogP contribution in [0, 0.1) is 6.92 Å². The number of para-hydroxylation sites is 1. The van der Waals surface area contributed by atoms with Gasteiger partial charge in [-0.3, -0.25) is 9.59 Å². The van der Waals surface area contributed by atoms with E-state index in [1.54, 1.807) is 4.90 Å². The van der Waals surface area contributed by atoms with Crippen molar-refractivity contribution >= 4 is 40.3 Å². The molecule has 2 heterocycles. The number of fused-ring (bicyclic) bond motifs is 3. The molecule has 35 heavy (non-hydrogen) atoms. The summed E-state index contributed by atoms with van der Waals surface area (Å²) in [5, 5.41) is 3.13. The summed E-state index contributed by atoms with van der Waals surface area (Å²) in [7, 11) is 0. The number of carbonyl (C=O) groups is 2. The average Bonchev–Trinajstić information content (AvgIpc) is 3.25. The topological polar surface area (TPSA) is 74.1 Å². The van der Waals surface area contributed by atoms with Crippen LogP contribution >= 0.6 is 11.8 Å². The highest BCUT2D eigenvalue weighted by molar-refractivity contribution is 8.15. The minimum absolute atomic E-state index is 0.0793. The molecule has 0 saturated heterocycles.